The second-order valence-electron chi connectivity index (χ2n) is 6.92. The number of likely N-dealkylation sites (tertiary alicyclic amines) is 1. The molecule has 1 saturated heterocycles. The maximum Gasteiger partial charge on any atom is 0.242 e. The number of benzene rings is 2. The van der Waals surface area contributed by atoms with Crippen LogP contribution in [-0.4, -0.2) is 34.5 Å². The average molecular weight is 349 g/mol. The third kappa shape index (κ3) is 2.78. The number of piperidine rings is 1. The summed E-state index contributed by atoms with van der Waals surface area (Å²) in [6, 6.07) is 15.1. The molecule has 1 aliphatic rings. The van der Waals surface area contributed by atoms with E-state index in [1.165, 1.54) is 0 Å². The number of aromatic nitrogens is 1. The molecule has 2 aromatic carbocycles. The van der Waals surface area contributed by atoms with Crippen LogP contribution in [0, 0.1) is 0 Å². The van der Waals surface area contributed by atoms with Crippen LogP contribution >= 0.6 is 0 Å². The fraction of sp³-hybridized carbons (Fsp3) is 0.333. The van der Waals surface area contributed by atoms with Gasteiger partial charge in [-0.3, -0.25) is 9.59 Å². The fourth-order valence-electron chi connectivity index (χ4n) is 4.05. The van der Waals surface area contributed by atoms with E-state index in [0.29, 0.717) is 17.3 Å². The normalized spacial score (nSPS) is 17.7. The zero-order valence-corrected chi connectivity index (χ0v) is 14.7. The van der Waals surface area contributed by atoms with Crippen molar-refractivity contribution in [2.45, 2.75) is 31.8 Å². The van der Waals surface area contributed by atoms with Gasteiger partial charge in [-0.2, -0.15) is 0 Å². The minimum atomic E-state index is 0.0118. The number of carbonyl (C=O) groups excluding carboxylic acids is 1. The van der Waals surface area contributed by atoms with Crippen molar-refractivity contribution in [1.29, 1.82) is 0 Å². The average Bonchev–Trinajstić information content (AvgIpc) is 2.71. The molecule has 1 atom stereocenters. The molecule has 2 N–H and O–H groups in total. The van der Waals surface area contributed by atoms with E-state index in [1.807, 2.05) is 58.0 Å². The molecule has 1 amide bonds. The van der Waals surface area contributed by atoms with Crippen LogP contribution in [0.5, 0.6) is 0 Å². The predicted octanol–water partition coefficient (Wildman–Crippen LogP) is 2.49. The lowest BCUT2D eigenvalue weighted by Gasteiger charge is -2.35. The van der Waals surface area contributed by atoms with E-state index < -0.39 is 0 Å². The number of para-hydroxylation sites is 2. The van der Waals surface area contributed by atoms with Gasteiger partial charge in [0.1, 0.15) is 6.54 Å². The molecule has 134 valence electrons. The molecule has 0 spiro atoms. The Hall–Kier alpha value is -2.66. The highest BCUT2D eigenvalue weighted by Gasteiger charge is 2.26. The molecule has 1 aromatic heterocycles. The molecule has 3 aromatic rings. The number of nitrogens with zero attached hydrogens (tertiary/aromatic N) is 2. The van der Waals surface area contributed by atoms with E-state index in [0.717, 1.165) is 36.8 Å². The standard InChI is InChI=1S/C21H23N3O2/c22-13-15-7-5-6-12-23(15)20(25)14-24-18-10-3-1-8-16(18)21(26)17-9-2-4-11-19(17)24/h1-4,8-11,15H,5-7,12-14,22H2. The summed E-state index contributed by atoms with van der Waals surface area (Å²) in [4.78, 5) is 27.8. The fourth-order valence-corrected chi connectivity index (χ4v) is 4.05. The Morgan fingerprint density at radius 1 is 1.00 bits per heavy atom. The maximum absolute atomic E-state index is 13.1. The Balaban J connectivity index is 1.83. The topological polar surface area (TPSA) is 68.3 Å². The number of hydrogen-bond donors (Lipinski definition) is 1. The van der Waals surface area contributed by atoms with Gasteiger partial charge < -0.3 is 15.2 Å². The van der Waals surface area contributed by atoms with Crippen LogP contribution in [0.4, 0.5) is 0 Å². The highest BCUT2D eigenvalue weighted by molar-refractivity contribution is 5.94. The molecule has 0 bridgehead atoms. The van der Waals surface area contributed by atoms with E-state index in [1.54, 1.807) is 0 Å². The van der Waals surface area contributed by atoms with Crippen molar-refractivity contribution in [3.63, 3.8) is 0 Å². The zero-order valence-electron chi connectivity index (χ0n) is 14.7. The SMILES string of the molecule is NCC1CCCCN1C(=O)Cn1c2ccccc2c(=O)c2ccccc21. The Morgan fingerprint density at radius 2 is 1.62 bits per heavy atom. The molecule has 4 rings (SSSR count). The Kier molecular flexibility index (Phi) is 4.47. The first-order valence-electron chi connectivity index (χ1n) is 9.20. The molecule has 0 radical (unpaired) electrons. The Labute approximate surface area is 152 Å². The predicted molar refractivity (Wildman–Crippen MR) is 104 cm³/mol. The molecular formula is C21H23N3O2. The van der Waals surface area contributed by atoms with Gasteiger partial charge in [-0.1, -0.05) is 24.3 Å². The van der Waals surface area contributed by atoms with E-state index in [4.69, 9.17) is 5.73 Å². The van der Waals surface area contributed by atoms with Gasteiger partial charge in [0.2, 0.25) is 5.91 Å². The number of hydrogen-bond acceptors (Lipinski definition) is 3. The van der Waals surface area contributed by atoms with Crippen molar-refractivity contribution in [3.05, 3.63) is 58.8 Å². The number of rotatable bonds is 3. The first-order chi connectivity index (χ1) is 12.7. The summed E-state index contributed by atoms with van der Waals surface area (Å²) in [6.07, 6.45) is 3.11. The molecule has 5 nitrogen and oxygen atoms in total. The molecule has 26 heavy (non-hydrogen) atoms. The van der Waals surface area contributed by atoms with Crippen molar-refractivity contribution >= 4 is 27.7 Å². The van der Waals surface area contributed by atoms with Crippen molar-refractivity contribution in [1.82, 2.24) is 9.47 Å². The van der Waals surface area contributed by atoms with Gasteiger partial charge in [-0.05, 0) is 43.5 Å². The number of pyridine rings is 1. The van der Waals surface area contributed by atoms with Crippen LogP contribution in [-0.2, 0) is 11.3 Å². The summed E-state index contributed by atoms with van der Waals surface area (Å²) in [5.74, 6) is 0.0686. The Bertz CT molecular complexity index is 965. The molecule has 1 unspecified atom stereocenters. The molecule has 5 heteroatoms. The van der Waals surface area contributed by atoms with Crippen LogP contribution in [0.3, 0.4) is 0 Å². The van der Waals surface area contributed by atoms with Crippen molar-refractivity contribution in [2.75, 3.05) is 13.1 Å². The quantitative estimate of drug-likeness (QED) is 0.739. The van der Waals surface area contributed by atoms with Crippen LogP contribution in [0.2, 0.25) is 0 Å². The minimum Gasteiger partial charge on any atom is -0.337 e. The minimum absolute atomic E-state index is 0.0118. The largest absolute Gasteiger partial charge is 0.337 e. The van der Waals surface area contributed by atoms with Crippen molar-refractivity contribution in [3.8, 4) is 0 Å². The number of amides is 1. The van der Waals surface area contributed by atoms with Gasteiger partial charge in [0.25, 0.3) is 0 Å². The van der Waals surface area contributed by atoms with Gasteiger partial charge in [-0.15, -0.1) is 0 Å². The van der Waals surface area contributed by atoms with Crippen LogP contribution < -0.4 is 11.2 Å². The van der Waals surface area contributed by atoms with E-state index in [9.17, 15) is 9.59 Å². The summed E-state index contributed by atoms with van der Waals surface area (Å²) >= 11 is 0. The van der Waals surface area contributed by atoms with E-state index >= 15 is 0 Å². The Morgan fingerprint density at radius 3 is 2.23 bits per heavy atom. The van der Waals surface area contributed by atoms with Gasteiger partial charge in [0, 0.05) is 29.9 Å². The van der Waals surface area contributed by atoms with E-state index in [2.05, 4.69) is 0 Å². The number of carbonyl (C=O) groups is 1. The molecule has 0 aliphatic carbocycles. The first-order valence-corrected chi connectivity index (χ1v) is 9.20. The molecule has 1 fully saturated rings. The summed E-state index contributed by atoms with van der Waals surface area (Å²) in [5, 5.41) is 1.29. The lowest BCUT2D eigenvalue weighted by molar-refractivity contribution is -0.135. The van der Waals surface area contributed by atoms with Gasteiger partial charge in [0.05, 0.1) is 11.0 Å². The van der Waals surface area contributed by atoms with Crippen LogP contribution in [0.1, 0.15) is 19.3 Å². The molecule has 0 saturated carbocycles. The lowest BCUT2D eigenvalue weighted by atomic mass is 10.0. The van der Waals surface area contributed by atoms with Crippen molar-refractivity contribution < 1.29 is 4.79 Å². The third-order valence-electron chi connectivity index (χ3n) is 5.39. The summed E-state index contributed by atoms with van der Waals surface area (Å²) in [6.45, 7) is 1.48. The number of fused-ring (bicyclic) bond motifs is 2. The van der Waals surface area contributed by atoms with Crippen LogP contribution in [0.15, 0.2) is 53.3 Å². The molecular weight excluding hydrogens is 326 g/mol. The molecule has 1 aliphatic heterocycles. The lowest BCUT2D eigenvalue weighted by Crippen LogP contribution is -2.48. The summed E-state index contributed by atoms with van der Waals surface area (Å²) < 4.78 is 1.97. The monoisotopic (exact) mass is 349 g/mol. The van der Waals surface area contributed by atoms with Gasteiger partial charge in [-0.25, -0.2) is 0 Å². The smallest absolute Gasteiger partial charge is 0.242 e. The van der Waals surface area contributed by atoms with Crippen LogP contribution in [0.25, 0.3) is 21.8 Å². The second kappa shape index (κ2) is 6.92. The summed E-state index contributed by atoms with van der Waals surface area (Å²) in [7, 11) is 0. The third-order valence-corrected chi connectivity index (χ3v) is 5.39. The number of nitrogens with two attached hydrogens (primary N) is 1. The highest BCUT2D eigenvalue weighted by atomic mass is 16.2. The van der Waals surface area contributed by atoms with Gasteiger partial charge in [0.15, 0.2) is 5.43 Å². The van der Waals surface area contributed by atoms with E-state index in [-0.39, 0.29) is 23.9 Å². The first kappa shape index (κ1) is 16.8. The zero-order chi connectivity index (χ0) is 18.1. The highest BCUT2D eigenvalue weighted by Crippen LogP contribution is 2.21. The van der Waals surface area contributed by atoms with Crippen molar-refractivity contribution in [2.24, 2.45) is 5.73 Å². The second-order valence-corrected chi connectivity index (χ2v) is 6.92. The van der Waals surface area contributed by atoms with Gasteiger partial charge >= 0.3 is 0 Å². The molecule has 2 heterocycles. The maximum atomic E-state index is 13.1. The summed E-state index contributed by atoms with van der Waals surface area (Å²) in [5.41, 5.74) is 7.49.